The van der Waals surface area contributed by atoms with Gasteiger partial charge >= 0.3 is 0 Å². The van der Waals surface area contributed by atoms with Gasteiger partial charge in [-0.25, -0.2) is 0 Å². The van der Waals surface area contributed by atoms with Crippen LogP contribution >= 0.6 is 27.3 Å². The first-order chi connectivity index (χ1) is 7.74. The molecule has 0 atom stereocenters. The summed E-state index contributed by atoms with van der Waals surface area (Å²) >= 11 is 4.66. The first-order valence-corrected chi connectivity index (χ1v) is 6.01. The second-order valence-electron chi connectivity index (χ2n) is 3.13. The van der Waals surface area contributed by atoms with Crippen LogP contribution in [0.1, 0.15) is 0 Å². The zero-order valence-corrected chi connectivity index (χ0v) is 10.2. The second-order valence-corrected chi connectivity index (χ2v) is 4.94. The molecule has 0 fully saturated rings. The van der Waals surface area contributed by atoms with Gasteiger partial charge < -0.3 is 5.11 Å². The summed E-state index contributed by atoms with van der Waals surface area (Å²) in [6, 6.07) is 5.33. The molecule has 7 heteroatoms. The predicted octanol–water partition coefficient (Wildman–Crippen LogP) is 2.32. The summed E-state index contributed by atoms with van der Waals surface area (Å²) in [5.74, 6) is 0.198. The van der Waals surface area contributed by atoms with Crippen LogP contribution in [0, 0.1) is 0 Å². The molecule has 3 aromatic rings. The van der Waals surface area contributed by atoms with E-state index in [0.29, 0.717) is 4.47 Å². The van der Waals surface area contributed by atoms with E-state index in [1.807, 2.05) is 6.07 Å². The molecule has 0 radical (unpaired) electrons. The van der Waals surface area contributed by atoms with Gasteiger partial charge in [-0.05, 0) is 28.1 Å². The van der Waals surface area contributed by atoms with Crippen molar-refractivity contribution in [1.82, 2.24) is 19.8 Å². The van der Waals surface area contributed by atoms with Crippen molar-refractivity contribution in [3.8, 4) is 16.3 Å². The van der Waals surface area contributed by atoms with Gasteiger partial charge in [0.25, 0.3) is 0 Å². The Morgan fingerprint density at radius 2 is 2.25 bits per heavy atom. The lowest BCUT2D eigenvalue weighted by molar-refractivity contribution is 0.472. The van der Waals surface area contributed by atoms with Crippen molar-refractivity contribution in [1.29, 1.82) is 0 Å². The Bertz CT molecular complexity index is 634. The number of halogens is 1. The van der Waals surface area contributed by atoms with Crippen molar-refractivity contribution in [3.63, 3.8) is 0 Å². The highest BCUT2D eigenvalue weighted by Crippen LogP contribution is 2.31. The van der Waals surface area contributed by atoms with E-state index in [9.17, 15) is 5.11 Å². The average Bonchev–Trinajstić information content (AvgIpc) is 2.81. The van der Waals surface area contributed by atoms with Crippen molar-refractivity contribution in [2.45, 2.75) is 0 Å². The second kappa shape index (κ2) is 3.53. The van der Waals surface area contributed by atoms with Crippen LogP contribution < -0.4 is 0 Å². The molecule has 5 nitrogen and oxygen atoms in total. The molecule has 0 saturated carbocycles. The maximum atomic E-state index is 9.58. The van der Waals surface area contributed by atoms with Gasteiger partial charge in [0.1, 0.15) is 17.1 Å². The maximum absolute atomic E-state index is 9.58. The Balaban J connectivity index is 2.15. The molecular formula is C9H5BrN4OS. The lowest BCUT2D eigenvalue weighted by Crippen LogP contribution is -1.82. The van der Waals surface area contributed by atoms with Crippen LogP contribution in [0.2, 0.25) is 0 Å². The molecule has 0 aliphatic rings. The van der Waals surface area contributed by atoms with E-state index in [1.54, 1.807) is 23.0 Å². The summed E-state index contributed by atoms with van der Waals surface area (Å²) < 4.78 is 2.28. The molecule has 0 spiro atoms. The van der Waals surface area contributed by atoms with Crippen LogP contribution in [-0.4, -0.2) is 24.9 Å². The molecule has 1 N–H and O–H groups in total. The lowest BCUT2D eigenvalue weighted by Gasteiger charge is -1.98. The van der Waals surface area contributed by atoms with E-state index in [1.165, 1.54) is 11.3 Å². The van der Waals surface area contributed by atoms with Gasteiger partial charge in [-0.3, -0.25) is 0 Å². The molecule has 1 aromatic carbocycles. The summed E-state index contributed by atoms with van der Waals surface area (Å²) in [4.78, 5) is 0.734. The monoisotopic (exact) mass is 296 g/mol. The number of aromatic hydroxyl groups is 1. The van der Waals surface area contributed by atoms with Crippen LogP contribution in [-0.2, 0) is 0 Å². The Morgan fingerprint density at radius 1 is 1.38 bits per heavy atom. The molecule has 0 amide bonds. The van der Waals surface area contributed by atoms with Gasteiger partial charge in [0.05, 0.1) is 4.47 Å². The molecule has 2 aromatic heterocycles. The zero-order valence-electron chi connectivity index (χ0n) is 7.83. The highest BCUT2D eigenvalue weighted by atomic mass is 79.9. The minimum atomic E-state index is 0.198. The van der Waals surface area contributed by atoms with Gasteiger partial charge in [-0.15, -0.1) is 10.2 Å². The number of fused-ring (bicyclic) bond motifs is 1. The normalized spacial score (nSPS) is 11.1. The van der Waals surface area contributed by atoms with Crippen LogP contribution in [0.15, 0.2) is 29.0 Å². The third kappa shape index (κ3) is 1.48. The fourth-order valence-electron chi connectivity index (χ4n) is 1.32. The number of phenols is 1. The van der Waals surface area contributed by atoms with Crippen molar-refractivity contribution in [2.24, 2.45) is 0 Å². The molecule has 0 saturated heterocycles. The van der Waals surface area contributed by atoms with E-state index in [4.69, 9.17) is 0 Å². The SMILES string of the molecule is Oc1cc(-c2nn3cnnc3s2)ccc1Br. The number of benzene rings is 1. The molecule has 0 aliphatic carbocycles. The van der Waals surface area contributed by atoms with Gasteiger partial charge in [0.2, 0.25) is 4.96 Å². The molecule has 80 valence electrons. The summed E-state index contributed by atoms with van der Waals surface area (Å²) in [5.41, 5.74) is 0.858. The number of hydrogen-bond acceptors (Lipinski definition) is 5. The smallest absolute Gasteiger partial charge is 0.234 e. The molecular weight excluding hydrogens is 292 g/mol. The van der Waals surface area contributed by atoms with Crippen molar-refractivity contribution >= 4 is 32.2 Å². The Morgan fingerprint density at radius 3 is 3.00 bits per heavy atom. The van der Waals surface area contributed by atoms with E-state index in [-0.39, 0.29) is 5.75 Å². The van der Waals surface area contributed by atoms with Crippen molar-refractivity contribution < 1.29 is 5.11 Å². The first kappa shape index (κ1) is 9.73. The Kier molecular flexibility index (Phi) is 2.15. The van der Waals surface area contributed by atoms with Crippen LogP contribution in [0.5, 0.6) is 5.75 Å². The van der Waals surface area contributed by atoms with E-state index in [2.05, 4.69) is 31.2 Å². The van der Waals surface area contributed by atoms with Crippen LogP contribution in [0.25, 0.3) is 15.5 Å². The molecule has 2 heterocycles. The molecule has 0 unspecified atom stereocenters. The third-order valence-corrected chi connectivity index (χ3v) is 3.71. The highest BCUT2D eigenvalue weighted by molar-refractivity contribution is 9.10. The van der Waals surface area contributed by atoms with Gasteiger partial charge in [0, 0.05) is 5.56 Å². The Labute approximate surface area is 103 Å². The fraction of sp³-hybridized carbons (Fsp3) is 0. The average molecular weight is 297 g/mol. The van der Waals surface area contributed by atoms with Crippen LogP contribution in [0.3, 0.4) is 0 Å². The first-order valence-electron chi connectivity index (χ1n) is 4.40. The quantitative estimate of drug-likeness (QED) is 0.748. The lowest BCUT2D eigenvalue weighted by atomic mass is 10.2. The topological polar surface area (TPSA) is 63.3 Å². The van der Waals surface area contributed by atoms with Crippen molar-refractivity contribution in [2.75, 3.05) is 0 Å². The standard InChI is InChI=1S/C9H5BrN4OS/c10-6-2-1-5(3-7(6)15)8-13-14-4-11-12-9(14)16-8/h1-4,15H. The molecule has 16 heavy (non-hydrogen) atoms. The molecule has 3 rings (SSSR count). The summed E-state index contributed by atoms with van der Waals surface area (Å²) in [6.07, 6.45) is 1.55. The van der Waals surface area contributed by atoms with Crippen molar-refractivity contribution in [3.05, 3.63) is 29.0 Å². The van der Waals surface area contributed by atoms with Crippen LogP contribution in [0.4, 0.5) is 0 Å². The highest BCUT2D eigenvalue weighted by Gasteiger charge is 2.09. The number of rotatable bonds is 1. The van der Waals surface area contributed by atoms with Gasteiger partial charge in [0.15, 0.2) is 0 Å². The fourth-order valence-corrected chi connectivity index (χ4v) is 2.38. The molecule has 0 aliphatic heterocycles. The number of hydrogen-bond donors (Lipinski definition) is 1. The van der Waals surface area contributed by atoms with E-state index < -0.39 is 0 Å². The predicted molar refractivity (Wildman–Crippen MR) is 63.5 cm³/mol. The third-order valence-electron chi connectivity index (χ3n) is 2.08. The number of aromatic nitrogens is 4. The number of nitrogens with zero attached hydrogens (tertiary/aromatic N) is 4. The van der Waals surface area contributed by atoms with Gasteiger partial charge in [-0.1, -0.05) is 17.4 Å². The summed E-state index contributed by atoms with van der Waals surface area (Å²) in [7, 11) is 0. The largest absolute Gasteiger partial charge is 0.507 e. The minimum absolute atomic E-state index is 0.198. The van der Waals surface area contributed by atoms with E-state index >= 15 is 0 Å². The molecule has 0 bridgehead atoms. The number of phenolic OH excluding ortho intramolecular Hbond substituents is 1. The minimum Gasteiger partial charge on any atom is -0.507 e. The van der Waals surface area contributed by atoms with E-state index in [0.717, 1.165) is 15.5 Å². The Hall–Kier alpha value is -1.47. The maximum Gasteiger partial charge on any atom is 0.234 e. The zero-order chi connectivity index (χ0) is 11.1. The summed E-state index contributed by atoms with van der Waals surface area (Å²) in [5, 5.41) is 22.3. The van der Waals surface area contributed by atoms with Gasteiger partial charge in [-0.2, -0.15) is 9.61 Å². The summed E-state index contributed by atoms with van der Waals surface area (Å²) in [6.45, 7) is 0.